The Morgan fingerprint density at radius 2 is 1.70 bits per heavy atom. The molecule has 5 atom stereocenters. The lowest BCUT2D eigenvalue weighted by Crippen LogP contribution is -2.60. The van der Waals surface area contributed by atoms with E-state index in [1.165, 1.54) is 26.2 Å². The predicted molar refractivity (Wildman–Crippen MR) is 84.7 cm³/mol. The number of hydrogen-bond acceptors (Lipinski definition) is 6. The van der Waals surface area contributed by atoms with Crippen molar-refractivity contribution in [3.05, 3.63) is 0 Å². The summed E-state index contributed by atoms with van der Waals surface area (Å²) in [5.41, 5.74) is 0. The average molecular weight is 333 g/mol. The van der Waals surface area contributed by atoms with Crippen molar-refractivity contribution in [1.82, 2.24) is 5.32 Å². The predicted octanol–water partition coefficient (Wildman–Crippen LogP) is 0.307. The second-order valence-electron chi connectivity index (χ2n) is 6.09. The molecule has 7 nitrogen and oxygen atoms in total. The van der Waals surface area contributed by atoms with Crippen LogP contribution in [0.4, 0.5) is 0 Å². The van der Waals surface area contributed by atoms with Gasteiger partial charge in [-0.15, -0.1) is 0 Å². The Balaban J connectivity index is 2.33. The molecule has 1 saturated heterocycles. The van der Waals surface area contributed by atoms with Crippen molar-refractivity contribution in [2.24, 2.45) is 0 Å². The van der Waals surface area contributed by atoms with Gasteiger partial charge in [0, 0.05) is 20.1 Å². The summed E-state index contributed by atoms with van der Waals surface area (Å²) in [5.74, 6) is -0.258. The minimum absolute atomic E-state index is 0.0527. The van der Waals surface area contributed by atoms with Gasteiger partial charge in [0.1, 0.15) is 24.4 Å². The van der Waals surface area contributed by atoms with Gasteiger partial charge in [0.15, 0.2) is 6.29 Å². The Bertz CT molecular complexity index is 341. The highest BCUT2D eigenvalue weighted by Crippen LogP contribution is 2.22. The van der Waals surface area contributed by atoms with E-state index in [1.807, 2.05) is 0 Å². The molecule has 0 saturated carbocycles. The van der Waals surface area contributed by atoms with Crippen molar-refractivity contribution in [1.29, 1.82) is 0 Å². The normalized spacial score (nSPS) is 31.1. The fraction of sp³-hybridized carbons (Fsp3) is 0.938. The number of rotatable bonds is 10. The molecule has 0 aromatic carbocycles. The Morgan fingerprint density at radius 3 is 2.35 bits per heavy atom. The van der Waals surface area contributed by atoms with Crippen LogP contribution in [-0.4, -0.2) is 65.1 Å². The van der Waals surface area contributed by atoms with E-state index in [2.05, 4.69) is 12.2 Å². The maximum Gasteiger partial charge on any atom is 0.216 e. The molecule has 7 heteroatoms. The van der Waals surface area contributed by atoms with E-state index in [1.54, 1.807) is 0 Å². The van der Waals surface area contributed by atoms with E-state index in [0.29, 0.717) is 6.61 Å². The zero-order valence-corrected chi connectivity index (χ0v) is 14.1. The maximum atomic E-state index is 10.9. The van der Waals surface area contributed by atoms with Gasteiger partial charge in [-0.05, 0) is 6.42 Å². The molecule has 1 amide bonds. The van der Waals surface area contributed by atoms with Crippen LogP contribution in [0.2, 0.25) is 0 Å². The molecule has 0 aromatic heterocycles. The molecular weight excluding hydrogens is 302 g/mol. The van der Waals surface area contributed by atoms with Gasteiger partial charge >= 0.3 is 0 Å². The third kappa shape index (κ3) is 7.14. The number of carbonyl (C=O) groups excluding carboxylic acids is 1. The molecule has 23 heavy (non-hydrogen) atoms. The first kappa shape index (κ1) is 20.3. The van der Waals surface area contributed by atoms with Gasteiger partial charge in [0.05, 0.1) is 0 Å². The second-order valence-corrected chi connectivity index (χ2v) is 6.09. The summed E-state index contributed by atoms with van der Waals surface area (Å²) >= 11 is 0. The van der Waals surface area contributed by atoms with E-state index in [-0.39, 0.29) is 12.5 Å². The van der Waals surface area contributed by atoms with Gasteiger partial charge < -0.3 is 30.1 Å². The van der Waals surface area contributed by atoms with E-state index in [9.17, 15) is 20.1 Å². The Labute approximate surface area is 138 Å². The third-order valence-electron chi connectivity index (χ3n) is 4.00. The fourth-order valence-electron chi connectivity index (χ4n) is 2.55. The highest BCUT2D eigenvalue weighted by atomic mass is 16.7. The summed E-state index contributed by atoms with van der Waals surface area (Å²) in [7, 11) is 0. The first-order valence-corrected chi connectivity index (χ1v) is 8.53. The van der Waals surface area contributed by atoms with Crippen molar-refractivity contribution >= 4 is 5.91 Å². The lowest BCUT2D eigenvalue weighted by atomic mass is 9.99. The molecule has 0 aliphatic carbocycles. The molecule has 0 radical (unpaired) electrons. The molecule has 136 valence electrons. The summed E-state index contributed by atoms with van der Waals surface area (Å²) < 4.78 is 11.0. The van der Waals surface area contributed by atoms with Gasteiger partial charge in [-0.25, -0.2) is 0 Å². The van der Waals surface area contributed by atoms with Gasteiger partial charge in [-0.3, -0.25) is 4.79 Å². The minimum atomic E-state index is -1.36. The van der Waals surface area contributed by atoms with Crippen LogP contribution < -0.4 is 5.32 Å². The SMILES string of the molecule is CCCCCCCCO[C@@H]1O[C@H](CNC(C)=O)[C@H](O)[C@H](O)[C@H]1O. The van der Waals surface area contributed by atoms with Crippen molar-refractivity contribution in [3.63, 3.8) is 0 Å². The highest BCUT2D eigenvalue weighted by Gasteiger charge is 2.44. The quantitative estimate of drug-likeness (QED) is 0.429. The van der Waals surface area contributed by atoms with Crippen LogP contribution in [0.3, 0.4) is 0 Å². The molecule has 1 aliphatic heterocycles. The van der Waals surface area contributed by atoms with Gasteiger partial charge in [0.25, 0.3) is 0 Å². The smallest absolute Gasteiger partial charge is 0.216 e. The highest BCUT2D eigenvalue weighted by molar-refractivity contribution is 5.72. The molecule has 1 rings (SSSR count). The number of nitrogens with one attached hydrogen (secondary N) is 1. The van der Waals surface area contributed by atoms with E-state index in [0.717, 1.165) is 19.3 Å². The average Bonchev–Trinajstić information content (AvgIpc) is 2.52. The lowest BCUT2D eigenvalue weighted by Gasteiger charge is -2.40. The van der Waals surface area contributed by atoms with E-state index >= 15 is 0 Å². The molecule has 4 N–H and O–H groups in total. The largest absolute Gasteiger partial charge is 0.388 e. The van der Waals surface area contributed by atoms with Gasteiger partial charge in [-0.1, -0.05) is 39.0 Å². The monoisotopic (exact) mass is 333 g/mol. The topological polar surface area (TPSA) is 108 Å². The maximum absolute atomic E-state index is 10.9. The first-order chi connectivity index (χ1) is 11.0. The number of amides is 1. The molecule has 1 heterocycles. The van der Waals surface area contributed by atoms with Crippen LogP contribution in [0.1, 0.15) is 52.4 Å². The van der Waals surface area contributed by atoms with E-state index in [4.69, 9.17) is 9.47 Å². The molecule has 0 unspecified atom stereocenters. The zero-order chi connectivity index (χ0) is 17.2. The van der Waals surface area contributed by atoms with Gasteiger partial charge in [0.2, 0.25) is 5.91 Å². The fourth-order valence-corrected chi connectivity index (χ4v) is 2.55. The molecule has 1 aliphatic rings. The van der Waals surface area contributed by atoms with Crippen molar-refractivity contribution in [2.75, 3.05) is 13.2 Å². The first-order valence-electron chi connectivity index (χ1n) is 8.53. The van der Waals surface area contributed by atoms with Crippen molar-refractivity contribution in [2.45, 2.75) is 83.1 Å². The molecule has 0 spiro atoms. The number of carbonyl (C=O) groups is 1. The summed E-state index contributed by atoms with van der Waals surface area (Å²) in [6.45, 7) is 4.00. The molecule has 0 aromatic rings. The third-order valence-corrected chi connectivity index (χ3v) is 4.00. The van der Waals surface area contributed by atoms with E-state index < -0.39 is 30.7 Å². The molecule has 0 bridgehead atoms. The Morgan fingerprint density at radius 1 is 1.04 bits per heavy atom. The summed E-state index contributed by atoms with van der Waals surface area (Å²) in [5, 5.41) is 32.2. The lowest BCUT2D eigenvalue weighted by molar-refractivity contribution is -0.295. The Hall–Kier alpha value is -0.730. The number of hydrogen-bond donors (Lipinski definition) is 4. The van der Waals surface area contributed by atoms with Crippen LogP contribution in [-0.2, 0) is 14.3 Å². The molecule has 1 fully saturated rings. The van der Waals surface area contributed by atoms with Crippen LogP contribution in [0.25, 0.3) is 0 Å². The number of aliphatic hydroxyl groups excluding tert-OH is 3. The summed E-state index contributed by atoms with van der Waals surface area (Å²) in [6.07, 6.45) is 0.945. The number of ether oxygens (including phenoxy) is 2. The van der Waals surface area contributed by atoms with Crippen molar-refractivity contribution < 1.29 is 29.6 Å². The second kappa shape index (κ2) is 10.9. The van der Waals surface area contributed by atoms with Crippen LogP contribution >= 0.6 is 0 Å². The van der Waals surface area contributed by atoms with Crippen LogP contribution in [0.5, 0.6) is 0 Å². The Kier molecular flexibility index (Phi) is 9.66. The van der Waals surface area contributed by atoms with Crippen LogP contribution in [0, 0.1) is 0 Å². The minimum Gasteiger partial charge on any atom is -0.388 e. The molecular formula is C16H31NO6. The number of unbranched alkanes of at least 4 members (excludes halogenated alkanes) is 5. The van der Waals surface area contributed by atoms with Crippen LogP contribution in [0.15, 0.2) is 0 Å². The van der Waals surface area contributed by atoms with Crippen molar-refractivity contribution in [3.8, 4) is 0 Å². The summed E-state index contributed by atoms with van der Waals surface area (Å²) in [4.78, 5) is 10.9. The standard InChI is InChI=1S/C16H31NO6/c1-3-4-5-6-7-8-9-22-16-15(21)14(20)13(19)12(23-16)10-17-11(2)18/h12-16,19-21H,3-10H2,1-2H3,(H,17,18)/t12-,13+,14+,15-,16-/m1/s1. The number of aliphatic hydroxyl groups is 3. The zero-order valence-electron chi connectivity index (χ0n) is 14.1. The summed E-state index contributed by atoms with van der Waals surface area (Å²) in [6, 6.07) is 0. The van der Waals surface area contributed by atoms with Gasteiger partial charge in [-0.2, -0.15) is 0 Å².